The number of nitrogens with zero attached hydrogens (tertiary/aromatic N) is 1. The SMILES string of the molecule is CC(C)C1NC(=O)C2CCCN2C(=O)C(CC(=O)O)NC(=O)C(Cc2c[nH]c3ccccc23)NC(=O)C(Cc2c[nH]c3ccccc23)NC1=O. The monoisotopic (exact) mass is 683 g/mol. The molecule has 14 heteroatoms. The summed E-state index contributed by atoms with van der Waals surface area (Å²) >= 11 is 0. The fraction of sp³-hybridized carbons (Fsp3) is 0.389. The molecule has 0 radical (unpaired) electrons. The third-order valence-corrected chi connectivity index (χ3v) is 9.54. The predicted octanol–water partition coefficient (Wildman–Crippen LogP) is 1.51. The highest BCUT2D eigenvalue weighted by molar-refractivity contribution is 5.99. The Morgan fingerprint density at radius 3 is 1.80 bits per heavy atom. The average molecular weight is 684 g/mol. The predicted molar refractivity (Wildman–Crippen MR) is 184 cm³/mol. The van der Waals surface area contributed by atoms with E-state index in [4.69, 9.17) is 0 Å². The highest BCUT2D eigenvalue weighted by Crippen LogP contribution is 2.23. The minimum absolute atomic E-state index is 0.00960. The number of fused-ring (bicyclic) bond motifs is 3. The fourth-order valence-electron chi connectivity index (χ4n) is 6.93. The van der Waals surface area contributed by atoms with Crippen molar-refractivity contribution in [2.24, 2.45) is 5.92 Å². The van der Waals surface area contributed by atoms with E-state index in [0.717, 1.165) is 27.4 Å². The van der Waals surface area contributed by atoms with Gasteiger partial charge in [0.15, 0.2) is 0 Å². The Labute approximate surface area is 287 Å². The van der Waals surface area contributed by atoms with E-state index in [-0.39, 0.29) is 19.4 Å². The first-order chi connectivity index (χ1) is 24.0. The number of H-pyrrole nitrogens is 2. The third kappa shape index (κ3) is 7.19. The molecule has 2 saturated heterocycles. The van der Waals surface area contributed by atoms with Gasteiger partial charge in [-0.25, -0.2) is 0 Å². The van der Waals surface area contributed by atoms with Gasteiger partial charge in [0, 0.05) is 53.6 Å². The van der Waals surface area contributed by atoms with Gasteiger partial charge in [-0.05, 0) is 42.0 Å². The van der Waals surface area contributed by atoms with E-state index >= 15 is 0 Å². The van der Waals surface area contributed by atoms with Crippen molar-refractivity contribution in [1.82, 2.24) is 36.1 Å². The van der Waals surface area contributed by atoms with Crippen molar-refractivity contribution in [3.05, 3.63) is 72.1 Å². The molecule has 0 bridgehead atoms. The maximum Gasteiger partial charge on any atom is 0.305 e. The normalized spacial score (nSPS) is 23.9. The summed E-state index contributed by atoms with van der Waals surface area (Å²) in [5, 5.41) is 22.4. The van der Waals surface area contributed by atoms with Crippen LogP contribution in [0.25, 0.3) is 21.8 Å². The average Bonchev–Trinajstić information content (AvgIpc) is 3.84. The number of para-hydroxylation sites is 2. The van der Waals surface area contributed by atoms with Crippen molar-refractivity contribution in [1.29, 1.82) is 0 Å². The van der Waals surface area contributed by atoms with Gasteiger partial charge < -0.3 is 41.2 Å². The molecule has 0 aliphatic carbocycles. The molecule has 50 heavy (non-hydrogen) atoms. The first-order valence-corrected chi connectivity index (χ1v) is 16.8. The van der Waals surface area contributed by atoms with Crippen LogP contribution in [0.2, 0.25) is 0 Å². The number of carboxylic acid groups (broad SMARTS) is 1. The number of aromatic amines is 2. The second-order valence-corrected chi connectivity index (χ2v) is 13.3. The molecule has 5 amide bonds. The van der Waals surface area contributed by atoms with Gasteiger partial charge in [0.1, 0.15) is 30.2 Å². The van der Waals surface area contributed by atoms with E-state index in [1.807, 2.05) is 48.5 Å². The minimum Gasteiger partial charge on any atom is -0.481 e. The molecule has 2 aromatic heterocycles. The zero-order chi connectivity index (χ0) is 35.5. The second kappa shape index (κ2) is 14.4. The lowest BCUT2D eigenvalue weighted by Crippen LogP contribution is -2.59. The summed E-state index contributed by atoms with van der Waals surface area (Å²) in [7, 11) is 0. The lowest BCUT2D eigenvalue weighted by Gasteiger charge is -2.30. The Hall–Kier alpha value is -5.66. The number of amides is 5. The summed E-state index contributed by atoms with van der Waals surface area (Å²) in [5.74, 6) is -5.07. The number of nitrogens with one attached hydrogen (secondary N) is 6. The first kappa shape index (κ1) is 34.2. The van der Waals surface area contributed by atoms with Crippen LogP contribution in [0.4, 0.5) is 0 Å². The number of carbonyl (C=O) groups excluding carboxylic acids is 5. The van der Waals surface area contributed by atoms with E-state index in [1.54, 1.807) is 26.2 Å². The summed E-state index contributed by atoms with van der Waals surface area (Å²) in [6, 6.07) is 8.97. The van der Waals surface area contributed by atoms with Gasteiger partial charge in [-0.3, -0.25) is 28.8 Å². The van der Waals surface area contributed by atoms with Gasteiger partial charge in [-0.2, -0.15) is 0 Å². The van der Waals surface area contributed by atoms with E-state index < -0.39 is 78.1 Å². The van der Waals surface area contributed by atoms with E-state index in [9.17, 15) is 33.9 Å². The number of aromatic nitrogens is 2. The smallest absolute Gasteiger partial charge is 0.305 e. The van der Waals surface area contributed by atoms with Gasteiger partial charge in [-0.15, -0.1) is 0 Å². The number of hydrogen-bond acceptors (Lipinski definition) is 6. The van der Waals surface area contributed by atoms with Gasteiger partial charge >= 0.3 is 5.97 Å². The molecule has 262 valence electrons. The number of benzene rings is 2. The molecule has 0 spiro atoms. The Bertz CT molecular complexity index is 1950. The van der Waals surface area contributed by atoms with Crippen molar-refractivity contribution in [2.75, 3.05) is 6.54 Å². The molecule has 7 N–H and O–H groups in total. The van der Waals surface area contributed by atoms with E-state index in [1.165, 1.54) is 4.90 Å². The van der Waals surface area contributed by atoms with Crippen LogP contribution in [0.1, 0.15) is 44.2 Å². The van der Waals surface area contributed by atoms with Crippen LogP contribution in [0.15, 0.2) is 60.9 Å². The molecule has 4 heterocycles. The van der Waals surface area contributed by atoms with Crippen molar-refractivity contribution >= 4 is 57.3 Å². The Morgan fingerprint density at radius 1 is 0.740 bits per heavy atom. The topological polar surface area (TPSA) is 206 Å². The summed E-state index contributed by atoms with van der Waals surface area (Å²) < 4.78 is 0. The van der Waals surface area contributed by atoms with Crippen LogP contribution >= 0.6 is 0 Å². The maximum absolute atomic E-state index is 14.3. The van der Waals surface area contributed by atoms with Crippen molar-refractivity contribution < 1.29 is 33.9 Å². The number of carbonyl (C=O) groups is 6. The van der Waals surface area contributed by atoms with Crippen LogP contribution in [-0.2, 0) is 41.6 Å². The number of carboxylic acids is 1. The highest BCUT2D eigenvalue weighted by atomic mass is 16.4. The van der Waals surface area contributed by atoms with Gasteiger partial charge in [0.2, 0.25) is 29.5 Å². The second-order valence-electron chi connectivity index (χ2n) is 13.3. The highest BCUT2D eigenvalue weighted by Gasteiger charge is 2.41. The molecule has 5 atom stereocenters. The lowest BCUT2D eigenvalue weighted by molar-refractivity contribution is -0.146. The number of aliphatic carboxylic acids is 1. The molecule has 2 aliphatic rings. The minimum atomic E-state index is -1.51. The molecule has 14 nitrogen and oxygen atoms in total. The van der Waals surface area contributed by atoms with Gasteiger partial charge in [0.05, 0.1) is 6.42 Å². The largest absolute Gasteiger partial charge is 0.481 e. The lowest BCUT2D eigenvalue weighted by atomic mass is 9.99. The molecule has 0 saturated carbocycles. The van der Waals surface area contributed by atoms with E-state index in [0.29, 0.717) is 18.4 Å². The first-order valence-electron chi connectivity index (χ1n) is 16.8. The zero-order valence-corrected chi connectivity index (χ0v) is 27.8. The van der Waals surface area contributed by atoms with Crippen LogP contribution < -0.4 is 21.3 Å². The van der Waals surface area contributed by atoms with Crippen molar-refractivity contribution in [2.45, 2.75) is 76.2 Å². The zero-order valence-electron chi connectivity index (χ0n) is 27.8. The third-order valence-electron chi connectivity index (χ3n) is 9.54. The molecule has 2 aromatic carbocycles. The van der Waals surface area contributed by atoms with Gasteiger partial charge in [-0.1, -0.05) is 50.2 Å². The quantitative estimate of drug-likeness (QED) is 0.153. The Kier molecular flexibility index (Phi) is 9.88. The van der Waals surface area contributed by atoms with Crippen molar-refractivity contribution in [3.63, 3.8) is 0 Å². The Balaban J connectivity index is 1.41. The summed E-state index contributed by atoms with van der Waals surface area (Å²) in [5.41, 5.74) is 3.10. The molecule has 6 rings (SSSR count). The standard InChI is InChI=1S/C36H41N7O7/c1-19(2)31-35(49)40-27(15-21-18-38-25-11-6-4-9-23(21)25)32(46)39-26(14-20-17-37-24-10-5-3-8-22(20)24)33(47)41-28(16-30(44)45)36(50)43-13-7-12-29(43)34(48)42-31/h3-6,8-11,17-19,26-29,31,37-38H,7,12-16H2,1-2H3,(H,39,46)(H,40,49)(H,41,47)(H,42,48)(H,44,45). The summed E-state index contributed by atoms with van der Waals surface area (Å²) in [6.07, 6.45) is 3.56. The van der Waals surface area contributed by atoms with Crippen LogP contribution in [0.3, 0.4) is 0 Å². The van der Waals surface area contributed by atoms with Gasteiger partial charge in [0.25, 0.3) is 0 Å². The molecule has 2 fully saturated rings. The molecule has 5 unspecified atom stereocenters. The van der Waals surface area contributed by atoms with E-state index in [2.05, 4.69) is 31.2 Å². The number of rotatable bonds is 7. The summed E-state index contributed by atoms with van der Waals surface area (Å²) in [4.78, 5) is 89.3. The van der Waals surface area contributed by atoms with Crippen LogP contribution in [0, 0.1) is 5.92 Å². The van der Waals surface area contributed by atoms with Crippen LogP contribution in [-0.4, -0.2) is 92.2 Å². The summed E-state index contributed by atoms with van der Waals surface area (Å²) in [6.45, 7) is 3.69. The van der Waals surface area contributed by atoms with Crippen LogP contribution in [0.5, 0.6) is 0 Å². The fourth-order valence-corrected chi connectivity index (χ4v) is 6.93. The Morgan fingerprint density at radius 2 is 1.26 bits per heavy atom. The molecular weight excluding hydrogens is 642 g/mol. The van der Waals surface area contributed by atoms with Crippen molar-refractivity contribution in [3.8, 4) is 0 Å². The number of hydrogen-bond donors (Lipinski definition) is 7. The molecule has 4 aromatic rings. The molecule has 2 aliphatic heterocycles. The maximum atomic E-state index is 14.3. The molecular formula is C36H41N7O7.